The third-order valence-corrected chi connectivity index (χ3v) is 5.05. The van der Waals surface area contributed by atoms with Crippen molar-refractivity contribution in [2.24, 2.45) is 0 Å². The van der Waals surface area contributed by atoms with Crippen LogP contribution in [0.1, 0.15) is 13.3 Å². The van der Waals surface area contributed by atoms with Gasteiger partial charge in [0.25, 0.3) is 0 Å². The topological polar surface area (TPSA) is 54.9 Å². The predicted octanol–water partition coefficient (Wildman–Crippen LogP) is 3.77. The zero-order valence-corrected chi connectivity index (χ0v) is 13.5. The largest absolute Gasteiger partial charge is 0.326 e. The summed E-state index contributed by atoms with van der Waals surface area (Å²) in [6.07, 6.45) is 0.555. The standard InChI is InChI=1S/C13H15N3OS3/c1-2-18-8-7-12(17)15-10-3-5-11(6-4-10)20-13-16-14-9-19-13/h3-6,9H,2,7-8H2,1H3,(H,15,17). The van der Waals surface area contributed by atoms with Gasteiger partial charge in [0, 0.05) is 22.8 Å². The first-order valence-corrected chi connectivity index (χ1v) is 9.04. The lowest BCUT2D eigenvalue weighted by atomic mass is 10.3. The van der Waals surface area contributed by atoms with E-state index in [2.05, 4.69) is 22.4 Å². The Morgan fingerprint density at radius 1 is 1.35 bits per heavy atom. The second-order valence-corrected chi connectivity index (χ2v) is 7.37. The Hall–Kier alpha value is -1.05. The lowest BCUT2D eigenvalue weighted by Crippen LogP contribution is -2.12. The van der Waals surface area contributed by atoms with E-state index in [-0.39, 0.29) is 5.91 Å². The van der Waals surface area contributed by atoms with Crippen molar-refractivity contribution in [2.45, 2.75) is 22.6 Å². The van der Waals surface area contributed by atoms with Crippen LogP contribution in [0, 0.1) is 0 Å². The van der Waals surface area contributed by atoms with Crippen LogP contribution >= 0.6 is 34.9 Å². The van der Waals surface area contributed by atoms with Gasteiger partial charge in [-0.1, -0.05) is 30.0 Å². The molecule has 0 fully saturated rings. The van der Waals surface area contributed by atoms with E-state index in [0.717, 1.165) is 26.4 Å². The molecule has 1 amide bonds. The summed E-state index contributed by atoms with van der Waals surface area (Å²) in [6.45, 7) is 2.09. The molecule has 2 aromatic rings. The number of aromatic nitrogens is 2. The average molecular weight is 325 g/mol. The molecule has 1 aromatic carbocycles. The summed E-state index contributed by atoms with van der Waals surface area (Å²) in [5.41, 5.74) is 2.55. The predicted molar refractivity (Wildman–Crippen MR) is 86.7 cm³/mol. The Labute approximate surface area is 130 Å². The number of anilines is 1. The van der Waals surface area contributed by atoms with Crippen molar-refractivity contribution in [3.63, 3.8) is 0 Å². The van der Waals surface area contributed by atoms with Crippen molar-refractivity contribution >= 4 is 46.5 Å². The highest BCUT2D eigenvalue weighted by molar-refractivity contribution is 8.01. The Morgan fingerprint density at radius 3 is 2.80 bits per heavy atom. The number of benzene rings is 1. The summed E-state index contributed by atoms with van der Waals surface area (Å²) >= 11 is 4.86. The second kappa shape index (κ2) is 8.28. The monoisotopic (exact) mass is 325 g/mol. The molecule has 1 heterocycles. The molecule has 0 radical (unpaired) electrons. The van der Waals surface area contributed by atoms with Gasteiger partial charge in [0.2, 0.25) is 5.91 Å². The molecule has 7 heteroatoms. The quantitative estimate of drug-likeness (QED) is 0.785. The van der Waals surface area contributed by atoms with Gasteiger partial charge in [0.15, 0.2) is 4.34 Å². The minimum atomic E-state index is 0.0653. The maximum absolute atomic E-state index is 11.7. The SMILES string of the molecule is CCSCCC(=O)Nc1ccc(Sc2nncs2)cc1. The summed E-state index contributed by atoms with van der Waals surface area (Å²) in [4.78, 5) is 12.8. The lowest BCUT2D eigenvalue weighted by Gasteiger charge is -2.05. The van der Waals surface area contributed by atoms with E-state index < -0.39 is 0 Å². The molecular weight excluding hydrogens is 310 g/mol. The molecule has 0 atom stereocenters. The molecule has 2 rings (SSSR count). The van der Waals surface area contributed by atoms with Gasteiger partial charge < -0.3 is 5.32 Å². The van der Waals surface area contributed by atoms with Gasteiger partial charge in [0.05, 0.1) is 0 Å². The fraction of sp³-hybridized carbons (Fsp3) is 0.308. The lowest BCUT2D eigenvalue weighted by molar-refractivity contribution is -0.115. The highest BCUT2D eigenvalue weighted by atomic mass is 32.2. The molecule has 0 unspecified atom stereocenters. The van der Waals surface area contributed by atoms with Crippen molar-refractivity contribution < 1.29 is 4.79 Å². The van der Waals surface area contributed by atoms with Gasteiger partial charge in [-0.2, -0.15) is 11.8 Å². The van der Waals surface area contributed by atoms with Crippen molar-refractivity contribution in [2.75, 3.05) is 16.8 Å². The maximum Gasteiger partial charge on any atom is 0.225 e. The number of carbonyl (C=O) groups excluding carboxylic acids is 1. The van der Waals surface area contributed by atoms with E-state index in [0.29, 0.717) is 6.42 Å². The van der Waals surface area contributed by atoms with Gasteiger partial charge >= 0.3 is 0 Å². The number of nitrogens with zero attached hydrogens (tertiary/aromatic N) is 2. The third kappa shape index (κ3) is 5.15. The number of nitrogens with one attached hydrogen (secondary N) is 1. The molecule has 0 saturated carbocycles. The molecule has 0 aliphatic carbocycles. The van der Waals surface area contributed by atoms with Crippen LogP contribution in [0.2, 0.25) is 0 Å². The molecule has 0 saturated heterocycles. The van der Waals surface area contributed by atoms with Crippen LogP contribution in [0.5, 0.6) is 0 Å². The molecule has 106 valence electrons. The number of hydrogen-bond acceptors (Lipinski definition) is 6. The second-order valence-electron chi connectivity index (χ2n) is 3.83. The molecule has 0 aliphatic heterocycles. The zero-order valence-electron chi connectivity index (χ0n) is 11.0. The molecule has 1 N–H and O–H groups in total. The Kier molecular flexibility index (Phi) is 6.35. The van der Waals surface area contributed by atoms with Crippen molar-refractivity contribution in [1.29, 1.82) is 0 Å². The number of amides is 1. The number of carbonyl (C=O) groups is 1. The summed E-state index contributed by atoms with van der Waals surface area (Å²) in [5, 5.41) is 10.7. The van der Waals surface area contributed by atoms with E-state index in [1.807, 2.05) is 24.3 Å². The highest BCUT2D eigenvalue weighted by Crippen LogP contribution is 2.29. The van der Waals surface area contributed by atoms with Gasteiger partial charge in [-0.3, -0.25) is 4.79 Å². The molecule has 1 aromatic heterocycles. The van der Waals surface area contributed by atoms with Crippen LogP contribution in [-0.4, -0.2) is 27.6 Å². The van der Waals surface area contributed by atoms with Crippen LogP contribution in [0.25, 0.3) is 0 Å². The highest BCUT2D eigenvalue weighted by Gasteiger charge is 2.04. The van der Waals surface area contributed by atoms with Crippen LogP contribution in [-0.2, 0) is 4.79 Å². The fourth-order valence-electron chi connectivity index (χ4n) is 1.45. The van der Waals surface area contributed by atoms with Gasteiger partial charge in [-0.25, -0.2) is 0 Å². The number of thioether (sulfide) groups is 1. The molecular formula is C13H15N3OS3. The molecule has 0 aliphatic rings. The first-order chi connectivity index (χ1) is 9.78. The minimum Gasteiger partial charge on any atom is -0.326 e. The van der Waals surface area contributed by atoms with Crippen LogP contribution < -0.4 is 5.32 Å². The van der Waals surface area contributed by atoms with Crippen LogP contribution in [0.15, 0.2) is 39.0 Å². The first kappa shape index (κ1) is 15.3. The van der Waals surface area contributed by atoms with E-state index in [4.69, 9.17) is 0 Å². The summed E-state index contributed by atoms with van der Waals surface area (Å²) < 4.78 is 0.915. The van der Waals surface area contributed by atoms with E-state index >= 15 is 0 Å². The Bertz CT molecular complexity index is 528. The summed E-state index contributed by atoms with van der Waals surface area (Å²) in [6, 6.07) is 7.77. The molecule has 0 spiro atoms. The Balaban J connectivity index is 1.83. The summed E-state index contributed by atoms with van der Waals surface area (Å²) in [5.74, 6) is 1.98. The van der Waals surface area contributed by atoms with Crippen molar-refractivity contribution in [3.8, 4) is 0 Å². The Morgan fingerprint density at radius 2 is 2.15 bits per heavy atom. The smallest absolute Gasteiger partial charge is 0.225 e. The minimum absolute atomic E-state index is 0.0653. The maximum atomic E-state index is 11.7. The van der Waals surface area contributed by atoms with Gasteiger partial charge in [0.1, 0.15) is 5.51 Å². The fourth-order valence-corrected chi connectivity index (χ4v) is 3.52. The zero-order chi connectivity index (χ0) is 14.2. The van der Waals surface area contributed by atoms with E-state index in [1.165, 1.54) is 11.3 Å². The van der Waals surface area contributed by atoms with Gasteiger partial charge in [-0.05, 0) is 30.0 Å². The number of rotatable bonds is 7. The number of hydrogen-bond donors (Lipinski definition) is 1. The first-order valence-electron chi connectivity index (χ1n) is 6.19. The van der Waals surface area contributed by atoms with Crippen molar-refractivity contribution in [1.82, 2.24) is 10.2 Å². The van der Waals surface area contributed by atoms with Crippen LogP contribution in [0.3, 0.4) is 0 Å². The van der Waals surface area contributed by atoms with Crippen LogP contribution in [0.4, 0.5) is 5.69 Å². The third-order valence-electron chi connectivity index (χ3n) is 2.36. The molecule has 0 bridgehead atoms. The summed E-state index contributed by atoms with van der Waals surface area (Å²) in [7, 11) is 0. The molecule has 4 nitrogen and oxygen atoms in total. The molecule has 20 heavy (non-hydrogen) atoms. The van der Waals surface area contributed by atoms with E-state index in [9.17, 15) is 4.79 Å². The average Bonchev–Trinajstić information content (AvgIpc) is 2.94. The van der Waals surface area contributed by atoms with Gasteiger partial charge in [-0.15, -0.1) is 10.2 Å². The van der Waals surface area contributed by atoms with Crippen molar-refractivity contribution in [3.05, 3.63) is 29.8 Å². The van der Waals surface area contributed by atoms with E-state index in [1.54, 1.807) is 29.0 Å². The normalized spacial score (nSPS) is 10.4.